The SMILES string of the molecule is CC[C@H]1O[C@@H](C)CC1NP(=O)([O-])OC. The highest BCUT2D eigenvalue weighted by Gasteiger charge is 2.33. The van der Waals surface area contributed by atoms with Gasteiger partial charge in [0.2, 0.25) is 7.75 Å². The molecule has 2 unspecified atom stereocenters. The van der Waals surface area contributed by atoms with E-state index in [0.29, 0.717) is 6.42 Å². The average Bonchev–Trinajstić information content (AvgIpc) is 2.45. The van der Waals surface area contributed by atoms with Crippen molar-refractivity contribution in [1.82, 2.24) is 5.09 Å². The molecule has 0 radical (unpaired) electrons. The Bertz CT molecular complexity index is 235. The Morgan fingerprint density at radius 2 is 2.36 bits per heavy atom. The van der Waals surface area contributed by atoms with E-state index in [-0.39, 0.29) is 18.2 Å². The van der Waals surface area contributed by atoms with Gasteiger partial charge in [0.25, 0.3) is 0 Å². The van der Waals surface area contributed by atoms with Gasteiger partial charge in [-0.2, -0.15) is 0 Å². The lowest BCUT2D eigenvalue weighted by Gasteiger charge is -2.27. The third-order valence-corrected chi connectivity index (χ3v) is 3.54. The summed E-state index contributed by atoms with van der Waals surface area (Å²) in [5.74, 6) is 0. The smallest absolute Gasteiger partial charge is 0.204 e. The van der Waals surface area contributed by atoms with E-state index in [9.17, 15) is 9.46 Å². The van der Waals surface area contributed by atoms with Gasteiger partial charge < -0.3 is 14.2 Å². The minimum atomic E-state index is -3.88. The first-order valence-corrected chi connectivity index (χ1v) is 6.32. The molecular weight excluding hydrogens is 205 g/mol. The van der Waals surface area contributed by atoms with Crippen molar-refractivity contribution in [3.63, 3.8) is 0 Å². The minimum absolute atomic E-state index is 0.0394. The Kier molecular flexibility index (Phi) is 4.10. The average molecular weight is 222 g/mol. The van der Waals surface area contributed by atoms with Gasteiger partial charge in [0.05, 0.1) is 12.2 Å². The molecule has 1 N–H and O–H groups in total. The van der Waals surface area contributed by atoms with E-state index in [4.69, 9.17) is 4.74 Å². The summed E-state index contributed by atoms with van der Waals surface area (Å²) >= 11 is 0. The monoisotopic (exact) mass is 222 g/mol. The Morgan fingerprint density at radius 1 is 1.71 bits per heavy atom. The maximum atomic E-state index is 11.2. The second-order valence-corrected chi connectivity index (χ2v) is 5.16. The van der Waals surface area contributed by atoms with E-state index in [1.54, 1.807) is 0 Å². The first-order valence-electron chi connectivity index (χ1n) is 4.78. The molecule has 0 aromatic rings. The summed E-state index contributed by atoms with van der Waals surface area (Å²) in [4.78, 5) is 11.2. The second kappa shape index (κ2) is 4.73. The molecular formula is C8H17NO4P-. The molecule has 1 fully saturated rings. The van der Waals surface area contributed by atoms with Crippen molar-refractivity contribution >= 4 is 7.75 Å². The van der Waals surface area contributed by atoms with Crippen LogP contribution in [0.25, 0.3) is 0 Å². The molecule has 1 saturated heterocycles. The van der Waals surface area contributed by atoms with Crippen LogP contribution in [0.1, 0.15) is 26.7 Å². The van der Waals surface area contributed by atoms with Crippen molar-refractivity contribution in [3.05, 3.63) is 0 Å². The predicted molar refractivity (Wildman–Crippen MR) is 50.8 cm³/mol. The number of ether oxygens (including phenoxy) is 1. The first-order chi connectivity index (χ1) is 6.48. The number of hydrogen-bond donors (Lipinski definition) is 1. The molecule has 14 heavy (non-hydrogen) atoms. The molecule has 0 spiro atoms. The maximum Gasteiger partial charge on any atom is 0.204 e. The molecule has 1 aliphatic rings. The molecule has 0 aliphatic carbocycles. The fourth-order valence-corrected chi connectivity index (χ4v) is 2.51. The molecule has 0 amide bonds. The minimum Gasteiger partial charge on any atom is -0.766 e. The summed E-state index contributed by atoms with van der Waals surface area (Å²) in [6.45, 7) is 3.91. The topological polar surface area (TPSA) is 70.6 Å². The Hall–Kier alpha value is 0.0700. The molecule has 6 heteroatoms. The molecule has 0 bridgehead atoms. The van der Waals surface area contributed by atoms with Crippen LogP contribution in [0.2, 0.25) is 0 Å². The van der Waals surface area contributed by atoms with Gasteiger partial charge in [0.1, 0.15) is 0 Å². The van der Waals surface area contributed by atoms with Crippen LogP contribution in [-0.4, -0.2) is 25.4 Å². The quantitative estimate of drug-likeness (QED) is 0.707. The third kappa shape index (κ3) is 3.04. The van der Waals surface area contributed by atoms with E-state index in [1.165, 1.54) is 0 Å². The van der Waals surface area contributed by atoms with E-state index in [0.717, 1.165) is 13.5 Å². The molecule has 4 atom stereocenters. The van der Waals surface area contributed by atoms with Crippen LogP contribution in [0.15, 0.2) is 0 Å². The summed E-state index contributed by atoms with van der Waals surface area (Å²) < 4.78 is 21.1. The van der Waals surface area contributed by atoms with Crippen LogP contribution < -0.4 is 9.98 Å². The van der Waals surface area contributed by atoms with E-state index >= 15 is 0 Å². The number of hydrogen-bond acceptors (Lipinski definition) is 4. The van der Waals surface area contributed by atoms with Crippen molar-refractivity contribution in [2.45, 2.75) is 44.9 Å². The Morgan fingerprint density at radius 3 is 2.86 bits per heavy atom. The molecule has 1 heterocycles. The highest BCUT2D eigenvalue weighted by atomic mass is 31.2. The molecule has 5 nitrogen and oxygen atoms in total. The molecule has 1 aliphatic heterocycles. The molecule has 84 valence electrons. The lowest BCUT2D eigenvalue weighted by Crippen LogP contribution is -2.37. The van der Waals surface area contributed by atoms with E-state index in [1.807, 2.05) is 13.8 Å². The fraction of sp³-hybridized carbons (Fsp3) is 1.00. The summed E-state index contributed by atoms with van der Waals surface area (Å²) in [5.41, 5.74) is 0. The number of rotatable bonds is 4. The molecule has 1 rings (SSSR count). The highest BCUT2D eigenvalue weighted by molar-refractivity contribution is 7.49. The fourth-order valence-electron chi connectivity index (χ4n) is 1.73. The van der Waals surface area contributed by atoms with Gasteiger partial charge in [-0.25, -0.2) is 0 Å². The summed E-state index contributed by atoms with van der Waals surface area (Å²) in [6.07, 6.45) is 1.57. The summed E-state index contributed by atoms with van der Waals surface area (Å²) in [7, 11) is -2.73. The largest absolute Gasteiger partial charge is 0.766 e. The van der Waals surface area contributed by atoms with Crippen molar-refractivity contribution in [3.8, 4) is 0 Å². The van der Waals surface area contributed by atoms with Crippen molar-refractivity contribution in [2.75, 3.05) is 7.11 Å². The van der Waals surface area contributed by atoms with Gasteiger partial charge in [0.15, 0.2) is 0 Å². The van der Waals surface area contributed by atoms with Crippen LogP contribution in [0.4, 0.5) is 0 Å². The van der Waals surface area contributed by atoms with E-state index in [2.05, 4.69) is 9.61 Å². The van der Waals surface area contributed by atoms with E-state index < -0.39 is 7.75 Å². The van der Waals surface area contributed by atoms with Gasteiger partial charge in [-0.3, -0.25) is 9.65 Å². The van der Waals surface area contributed by atoms with Crippen LogP contribution in [-0.2, 0) is 13.8 Å². The van der Waals surface area contributed by atoms with Gasteiger partial charge in [0, 0.05) is 13.2 Å². The van der Waals surface area contributed by atoms with Gasteiger partial charge in [-0.15, -0.1) is 0 Å². The van der Waals surface area contributed by atoms with Crippen LogP contribution in [0, 0.1) is 0 Å². The zero-order chi connectivity index (χ0) is 10.8. The van der Waals surface area contributed by atoms with Gasteiger partial charge in [-0.1, -0.05) is 6.92 Å². The van der Waals surface area contributed by atoms with Gasteiger partial charge in [-0.05, 0) is 19.8 Å². The van der Waals surface area contributed by atoms with Crippen molar-refractivity contribution in [1.29, 1.82) is 0 Å². The van der Waals surface area contributed by atoms with Crippen LogP contribution in [0.3, 0.4) is 0 Å². The first kappa shape index (κ1) is 12.1. The second-order valence-electron chi connectivity index (χ2n) is 3.54. The molecule has 0 aromatic heterocycles. The summed E-state index contributed by atoms with van der Waals surface area (Å²) in [5, 5.41) is 2.49. The highest BCUT2D eigenvalue weighted by Crippen LogP contribution is 2.35. The molecule has 0 aromatic carbocycles. The Balaban J connectivity index is 2.55. The van der Waals surface area contributed by atoms with Crippen molar-refractivity contribution < 1.29 is 18.7 Å². The predicted octanol–water partition coefficient (Wildman–Crippen LogP) is 0.647. The normalized spacial score (nSPS) is 37.0. The third-order valence-electron chi connectivity index (χ3n) is 2.41. The lowest BCUT2D eigenvalue weighted by atomic mass is 10.1. The maximum absolute atomic E-state index is 11.2. The standard InChI is InChI=1S/C8H18NO4P/c1-4-8-7(5-6(2)13-8)9-14(10,11)12-3/h6-8H,4-5H2,1-3H3,(H2,9,10,11)/p-1/t6-,7?,8+/m0/s1. The van der Waals surface area contributed by atoms with Gasteiger partial charge >= 0.3 is 0 Å². The molecule has 0 saturated carbocycles. The van der Waals surface area contributed by atoms with Crippen molar-refractivity contribution in [2.24, 2.45) is 0 Å². The summed E-state index contributed by atoms with van der Waals surface area (Å²) in [6, 6.07) is -0.154. The zero-order valence-corrected chi connectivity index (χ0v) is 9.62. The van der Waals surface area contributed by atoms with Crippen LogP contribution >= 0.6 is 7.75 Å². The van der Waals surface area contributed by atoms with Crippen LogP contribution in [0.5, 0.6) is 0 Å². The Labute approximate surface area is 84.4 Å². The zero-order valence-electron chi connectivity index (χ0n) is 8.73. The number of nitrogens with one attached hydrogen (secondary N) is 1. The lowest BCUT2D eigenvalue weighted by molar-refractivity contribution is -0.201.